The van der Waals surface area contributed by atoms with Gasteiger partial charge in [-0.05, 0) is 24.7 Å². The van der Waals surface area contributed by atoms with Gasteiger partial charge in [0, 0.05) is 19.2 Å². The second-order valence-electron chi connectivity index (χ2n) is 9.55. The summed E-state index contributed by atoms with van der Waals surface area (Å²) in [6.45, 7) is 12.1. The lowest BCUT2D eigenvalue weighted by Gasteiger charge is -2.39. The number of rotatable bonds is 14. The Balaban J connectivity index is 3.18. The highest BCUT2D eigenvalue weighted by molar-refractivity contribution is 5.87. The average Bonchev–Trinajstić information content (AvgIpc) is 3.17. The Morgan fingerprint density at radius 3 is 2.21 bits per heavy atom. The van der Waals surface area contributed by atoms with E-state index in [2.05, 4.69) is 21.9 Å². The van der Waals surface area contributed by atoms with Crippen LogP contribution in [0.1, 0.15) is 46.7 Å². The number of primary amides is 1. The fourth-order valence-corrected chi connectivity index (χ4v) is 4.49. The standard InChI is InChI=1S/C23H36N4O6/c1-12(2)16(20(29)26-8-7-14-10-25-11-27-14)15(21(30)31)9-23(5,6)18(22(32)33)17(13(3)4)19(24)28/h10-12,15-18H,3,7-9H2,1-2,4-6H3,(H2,24,28)(H,25,27)(H,26,29)(H,30,31)(H,32,33). The summed E-state index contributed by atoms with van der Waals surface area (Å²) < 4.78 is 0. The zero-order chi connectivity index (χ0) is 25.5. The highest BCUT2D eigenvalue weighted by atomic mass is 16.4. The molecular weight excluding hydrogens is 428 g/mol. The van der Waals surface area contributed by atoms with E-state index in [1.54, 1.807) is 33.9 Å². The first-order valence-electron chi connectivity index (χ1n) is 10.9. The molecule has 0 aliphatic heterocycles. The number of hydrogen-bond acceptors (Lipinski definition) is 5. The summed E-state index contributed by atoms with van der Waals surface area (Å²) in [5, 5.41) is 22.7. The van der Waals surface area contributed by atoms with E-state index in [-0.39, 0.29) is 24.5 Å². The molecule has 0 saturated heterocycles. The number of carbonyl (C=O) groups is 4. The highest BCUT2D eigenvalue weighted by Gasteiger charge is 2.48. The number of nitrogens with one attached hydrogen (secondary N) is 2. The largest absolute Gasteiger partial charge is 0.481 e. The highest BCUT2D eigenvalue weighted by Crippen LogP contribution is 2.43. The van der Waals surface area contributed by atoms with Crippen LogP contribution in [0.3, 0.4) is 0 Å². The Morgan fingerprint density at radius 2 is 1.82 bits per heavy atom. The summed E-state index contributed by atoms with van der Waals surface area (Å²) in [5.41, 5.74) is 5.32. The smallest absolute Gasteiger partial charge is 0.308 e. The minimum atomic E-state index is -1.30. The summed E-state index contributed by atoms with van der Waals surface area (Å²) in [5.74, 6) is -8.65. The summed E-state index contributed by atoms with van der Waals surface area (Å²) in [6, 6.07) is 0. The molecule has 4 unspecified atom stereocenters. The molecule has 0 aliphatic carbocycles. The van der Waals surface area contributed by atoms with E-state index in [1.165, 1.54) is 13.3 Å². The number of nitrogens with zero attached hydrogens (tertiary/aromatic N) is 1. The number of carboxylic acids is 2. The quantitative estimate of drug-likeness (QED) is 0.261. The number of imidazole rings is 1. The third kappa shape index (κ3) is 7.44. The molecule has 1 aromatic heterocycles. The molecule has 6 N–H and O–H groups in total. The van der Waals surface area contributed by atoms with Gasteiger partial charge in [0.2, 0.25) is 11.8 Å². The lowest BCUT2D eigenvalue weighted by atomic mass is 9.63. The van der Waals surface area contributed by atoms with Gasteiger partial charge < -0.3 is 26.2 Å². The van der Waals surface area contributed by atoms with Crippen molar-refractivity contribution in [2.24, 2.45) is 40.7 Å². The summed E-state index contributed by atoms with van der Waals surface area (Å²) >= 11 is 0. The van der Waals surface area contributed by atoms with E-state index in [9.17, 15) is 29.4 Å². The van der Waals surface area contributed by atoms with Crippen molar-refractivity contribution in [3.05, 3.63) is 30.4 Å². The van der Waals surface area contributed by atoms with Crippen LogP contribution in [-0.4, -0.2) is 50.5 Å². The molecule has 0 radical (unpaired) electrons. The first-order valence-corrected chi connectivity index (χ1v) is 10.9. The van der Waals surface area contributed by atoms with Gasteiger partial charge in [-0.2, -0.15) is 0 Å². The average molecular weight is 465 g/mol. The number of aromatic nitrogens is 2. The third-order valence-electron chi connectivity index (χ3n) is 6.03. The predicted molar refractivity (Wildman–Crippen MR) is 122 cm³/mol. The summed E-state index contributed by atoms with van der Waals surface area (Å²) in [7, 11) is 0. The maximum atomic E-state index is 13.0. The zero-order valence-electron chi connectivity index (χ0n) is 19.9. The Labute approximate surface area is 194 Å². The van der Waals surface area contributed by atoms with Crippen LogP contribution in [0.25, 0.3) is 0 Å². The minimum Gasteiger partial charge on any atom is -0.481 e. The van der Waals surface area contributed by atoms with Crippen LogP contribution in [-0.2, 0) is 25.6 Å². The predicted octanol–water partition coefficient (Wildman–Crippen LogP) is 1.84. The Kier molecular flexibility index (Phi) is 9.81. The molecule has 0 fully saturated rings. The summed E-state index contributed by atoms with van der Waals surface area (Å²) in [4.78, 5) is 56.4. The molecule has 1 heterocycles. The number of aliphatic carboxylic acids is 2. The van der Waals surface area contributed by atoms with Crippen molar-refractivity contribution in [3.63, 3.8) is 0 Å². The van der Waals surface area contributed by atoms with Gasteiger partial charge in [-0.25, -0.2) is 4.98 Å². The van der Waals surface area contributed by atoms with Gasteiger partial charge in [0.05, 0.1) is 35.7 Å². The van der Waals surface area contributed by atoms with Gasteiger partial charge in [0.15, 0.2) is 0 Å². The van der Waals surface area contributed by atoms with Crippen LogP contribution in [0.15, 0.2) is 24.7 Å². The Hall–Kier alpha value is -3.17. The number of amides is 2. The topological polar surface area (TPSA) is 175 Å². The number of carbonyl (C=O) groups excluding carboxylic acids is 2. The maximum absolute atomic E-state index is 13.0. The van der Waals surface area contributed by atoms with Crippen LogP contribution in [0, 0.1) is 35.0 Å². The molecular formula is C23H36N4O6. The van der Waals surface area contributed by atoms with E-state index in [1.807, 2.05) is 0 Å². The molecule has 10 nitrogen and oxygen atoms in total. The Bertz CT molecular complexity index is 848. The Morgan fingerprint density at radius 1 is 1.21 bits per heavy atom. The van der Waals surface area contributed by atoms with Crippen molar-refractivity contribution >= 4 is 23.8 Å². The molecule has 2 amide bonds. The molecule has 1 aromatic rings. The molecule has 10 heteroatoms. The van der Waals surface area contributed by atoms with Crippen molar-refractivity contribution in [1.82, 2.24) is 15.3 Å². The molecule has 33 heavy (non-hydrogen) atoms. The maximum Gasteiger partial charge on any atom is 0.308 e. The molecule has 0 bridgehead atoms. The van der Waals surface area contributed by atoms with Crippen LogP contribution in [0.5, 0.6) is 0 Å². The molecule has 184 valence electrons. The number of aromatic amines is 1. The first-order chi connectivity index (χ1) is 15.2. The van der Waals surface area contributed by atoms with Crippen molar-refractivity contribution in [3.8, 4) is 0 Å². The van der Waals surface area contributed by atoms with Crippen LogP contribution in [0.4, 0.5) is 0 Å². The van der Waals surface area contributed by atoms with Crippen molar-refractivity contribution in [1.29, 1.82) is 0 Å². The van der Waals surface area contributed by atoms with Crippen LogP contribution < -0.4 is 11.1 Å². The number of nitrogens with two attached hydrogens (primary N) is 1. The van der Waals surface area contributed by atoms with E-state index in [0.29, 0.717) is 6.42 Å². The van der Waals surface area contributed by atoms with Crippen LogP contribution in [0.2, 0.25) is 0 Å². The van der Waals surface area contributed by atoms with Gasteiger partial charge in [-0.15, -0.1) is 0 Å². The number of carboxylic acid groups (broad SMARTS) is 2. The summed E-state index contributed by atoms with van der Waals surface area (Å²) in [6.07, 6.45) is 3.56. The molecule has 0 aromatic carbocycles. The minimum absolute atomic E-state index is 0.147. The molecule has 0 aliphatic rings. The van der Waals surface area contributed by atoms with Gasteiger partial charge in [0.1, 0.15) is 0 Å². The second-order valence-corrected chi connectivity index (χ2v) is 9.55. The number of hydrogen-bond donors (Lipinski definition) is 5. The van der Waals surface area contributed by atoms with Crippen molar-refractivity contribution in [2.45, 2.75) is 47.5 Å². The molecule has 0 saturated carbocycles. The van der Waals surface area contributed by atoms with Crippen molar-refractivity contribution < 1.29 is 29.4 Å². The van der Waals surface area contributed by atoms with Gasteiger partial charge in [0.25, 0.3) is 0 Å². The van der Waals surface area contributed by atoms with Crippen molar-refractivity contribution in [2.75, 3.05) is 6.54 Å². The molecule has 4 atom stereocenters. The first kappa shape index (κ1) is 27.9. The number of H-pyrrole nitrogens is 1. The lowest BCUT2D eigenvalue weighted by molar-refractivity contribution is -0.156. The third-order valence-corrected chi connectivity index (χ3v) is 6.03. The van der Waals surface area contributed by atoms with Gasteiger partial charge in [-0.3, -0.25) is 19.2 Å². The van der Waals surface area contributed by atoms with Gasteiger partial charge in [-0.1, -0.05) is 39.8 Å². The van der Waals surface area contributed by atoms with E-state index in [4.69, 9.17) is 5.73 Å². The normalized spacial score (nSPS) is 15.3. The van der Waals surface area contributed by atoms with E-state index in [0.717, 1.165) is 5.69 Å². The fraction of sp³-hybridized carbons (Fsp3) is 0.609. The fourth-order valence-electron chi connectivity index (χ4n) is 4.49. The monoisotopic (exact) mass is 464 g/mol. The van der Waals surface area contributed by atoms with Crippen LogP contribution >= 0.6 is 0 Å². The lowest BCUT2D eigenvalue weighted by Crippen LogP contribution is -2.47. The molecule has 1 rings (SSSR count). The van der Waals surface area contributed by atoms with Gasteiger partial charge >= 0.3 is 11.9 Å². The molecule has 0 spiro atoms. The van der Waals surface area contributed by atoms with E-state index < -0.39 is 52.8 Å². The second kappa shape index (κ2) is 11.6. The van der Waals surface area contributed by atoms with E-state index >= 15 is 0 Å². The SMILES string of the molecule is C=C(C)C(C(N)=O)C(C(=O)O)C(C)(C)CC(C(=O)O)C(C(=O)NCCc1c[nH]cn1)C(C)C. The zero-order valence-corrected chi connectivity index (χ0v) is 19.9.